The minimum absolute atomic E-state index is 0.714. The van der Waals surface area contributed by atoms with E-state index in [1.54, 1.807) is 12.3 Å². The highest BCUT2D eigenvalue weighted by Crippen LogP contribution is 2.06. The molecule has 1 heterocycles. The van der Waals surface area contributed by atoms with E-state index >= 15 is 0 Å². The van der Waals surface area contributed by atoms with Crippen molar-refractivity contribution in [2.75, 3.05) is 0 Å². The fourth-order valence-corrected chi connectivity index (χ4v) is 0.863. The van der Waals surface area contributed by atoms with Crippen LogP contribution in [0.5, 0.6) is 0 Å². The molecular formula is C9H10O2. The van der Waals surface area contributed by atoms with E-state index < -0.39 is 0 Å². The molecule has 0 unspecified atom stereocenters. The summed E-state index contributed by atoms with van der Waals surface area (Å²) in [6.45, 7) is 1.90. The van der Waals surface area contributed by atoms with Crippen molar-refractivity contribution in [3.05, 3.63) is 35.8 Å². The maximum atomic E-state index is 10.0. The van der Waals surface area contributed by atoms with Crippen molar-refractivity contribution in [2.24, 2.45) is 0 Å². The summed E-state index contributed by atoms with van der Waals surface area (Å²) in [6.07, 6.45) is 4.68. The van der Waals surface area contributed by atoms with Crippen LogP contribution in [0.3, 0.4) is 0 Å². The summed E-state index contributed by atoms with van der Waals surface area (Å²) in [5.41, 5.74) is 1.01. The van der Waals surface area contributed by atoms with Gasteiger partial charge in [0.15, 0.2) is 0 Å². The maximum absolute atomic E-state index is 10.0. The van der Waals surface area contributed by atoms with Crippen molar-refractivity contribution in [1.82, 2.24) is 0 Å². The molecule has 0 fully saturated rings. The topological polar surface area (TPSA) is 30.2 Å². The number of rotatable bonds is 3. The van der Waals surface area contributed by atoms with Crippen molar-refractivity contribution in [3.8, 4) is 0 Å². The lowest BCUT2D eigenvalue weighted by atomic mass is 10.2. The zero-order chi connectivity index (χ0) is 8.10. The van der Waals surface area contributed by atoms with E-state index in [2.05, 4.69) is 0 Å². The molecule has 11 heavy (non-hydrogen) atoms. The molecule has 0 spiro atoms. The molecule has 1 rings (SSSR count). The summed E-state index contributed by atoms with van der Waals surface area (Å²) in [4.78, 5) is 10.0. The Morgan fingerprint density at radius 1 is 1.73 bits per heavy atom. The molecule has 0 aromatic carbocycles. The summed E-state index contributed by atoms with van der Waals surface area (Å²) in [5, 5.41) is 0. The monoisotopic (exact) mass is 150 g/mol. The Hall–Kier alpha value is -1.31. The van der Waals surface area contributed by atoms with Gasteiger partial charge in [0.05, 0.1) is 6.26 Å². The summed E-state index contributed by atoms with van der Waals surface area (Å²) < 4.78 is 5.09. The fourth-order valence-electron chi connectivity index (χ4n) is 0.863. The van der Waals surface area contributed by atoms with E-state index in [0.717, 1.165) is 17.6 Å². The molecule has 58 valence electrons. The number of hydrogen-bond donors (Lipinski definition) is 0. The Kier molecular flexibility index (Phi) is 2.66. The quantitative estimate of drug-likeness (QED) is 0.487. The maximum Gasteiger partial charge on any atom is 0.142 e. The van der Waals surface area contributed by atoms with E-state index in [4.69, 9.17) is 4.42 Å². The SMILES string of the molecule is C/C(=C\C=O)Cc1ccco1. The molecule has 0 radical (unpaired) electrons. The third-order valence-corrected chi connectivity index (χ3v) is 1.39. The van der Waals surface area contributed by atoms with Crippen LogP contribution >= 0.6 is 0 Å². The molecule has 1 aromatic rings. The molecule has 0 aliphatic carbocycles. The third kappa shape index (κ3) is 2.42. The van der Waals surface area contributed by atoms with E-state index in [1.807, 2.05) is 19.1 Å². The second kappa shape index (κ2) is 3.76. The molecule has 0 saturated heterocycles. The van der Waals surface area contributed by atoms with Gasteiger partial charge < -0.3 is 4.42 Å². The van der Waals surface area contributed by atoms with Gasteiger partial charge in [-0.2, -0.15) is 0 Å². The molecule has 0 N–H and O–H groups in total. The number of carbonyl (C=O) groups excluding carboxylic acids is 1. The van der Waals surface area contributed by atoms with Crippen molar-refractivity contribution in [2.45, 2.75) is 13.3 Å². The van der Waals surface area contributed by atoms with Crippen LogP contribution in [0.25, 0.3) is 0 Å². The third-order valence-electron chi connectivity index (χ3n) is 1.39. The molecule has 0 aliphatic rings. The summed E-state index contributed by atoms with van der Waals surface area (Å²) >= 11 is 0. The Labute approximate surface area is 65.5 Å². The first-order chi connectivity index (χ1) is 5.33. The number of carbonyl (C=O) groups is 1. The second-order valence-corrected chi connectivity index (χ2v) is 2.41. The van der Waals surface area contributed by atoms with Gasteiger partial charge in [0.1, 0.15) is 12.0 Å². The van der Waals surface area contributed by atoms with Crippen LogP contribution in [0.4, 0.5) is 0 Å². The van der Waals surface area contributed by atoms with Crippen LogP contribution in [0.1, 0.15) is 12.7 Å². The van der Waals surface area contributed by atoms with Gasteiger partial charge in [-0.25, -0.2) is 0 Å². The smallest absolute Gasteiger partial charge is 0.142 e. The Bertz CT molecular complexity index is 245. The highest BCUT2D eigenvalue weighted by Gasteiger charge is 1.95. The average Bonchev–Trinajstić information content (AvgIpc) is 2.40. The second-order valence-electron chi connectivity index (χ2n) is 2.41. The normalized spacial score (nSPS) is 11.5. The lowest BCUT2D eigenvalue weighted by Crippen LogP contribution is -1.83. The van der Waals surface area contributed by atoms with Gasteiger partial charge in [-0.05, 0) is 25.1 Å². The molecule has 0 bridgehead atoms. The average molecular weight is 150 g/mol. The van der Waals surface area contributed by atoms with Crippen LogP contribution in [-0.2, 0) is 11.2 Å². The molecule has 0 saturated carbocycles. The highest BCUT2D eigenvalue weighted by atomic mass is 16.3. The van der Waals surface area contributed by atoms with E-state index in [-0.39, 0.29) is 0 Å². The predicted molar refractivity (Wildman–Crippen MR) is 42.2 cm³/mol. The van der Waals surface area contributed by atoms with E-state index in [9.17, 15) is 4.79 Å². The number of allylic oxidation sites excluding steroid dienone is 2. The molecule has 0 aliphatic heterocycles. The van der Waals surface area contributed by atoms with Gasteiger partial charge in [-0.15, -0.1) is 0 Å². The van der Waals surface area contributed by atoms with Crippen molar-refractivity contribution in [1.29, 1.82) is 0 Å². The van der Waals surface area contributed by atoms with Gasteiger partial charge in [0, 0.05) is 6.42 Å². The minimum atomic E-state index is 0.714. The Balaban J connectivity index is 2.56. The molecule has 0 atom stereocenters. The van der Waals surface area contributed by atoms with Gasteiger partial charge in [-0.1, -0.05) is 5.57 Å². The van der Waals surface area contributed by atoms with Crippen LogP contribution in [0.2, 0.25) is 0 Å². The van der Waals surface area contributed by atoms with Crippen molar-refractivity contribution in [3.63, 3.8) is 0 Å². The van der Waals surface area contributed by atoms with E-state index in [0.29, 0.717) is 6.42 Å². The first-order valence-corrected chi connectivity index (χ1v) is 3.46. The largest absolute Gasteiger partial charge is 0.469 e. The van der Waals surface area contributed by atoms with Gasteiger partial charge in [0.2, 0.25) is 0 Å². The van der Waals surface area contributed by atoms with Crippen LogP contribution in [-0.4, -0.2) is 6.29 Å². The molecular weight excluding hydrogens is 140 g/mol. The summed E-state index contributed by atoms with van der Waals surface area (Å²) in [5.74, 6) is 0.889. The number of hydrogen-bond acceptors (Lipinski definition) is 2. The number of aldehydes is 1. The van der Waals surface area contributed by atoms with Crippen LogP contribution in [0.15, 0.2) is 34.5 Å². The zero-order valence-corrected chi connectivity index (χ0v) is 6.41. The highest BCUT2D eigenvalue weighted by molar-refractivity contribution is 5.66. The first kappa shape index (κ1) is 7.79. The molecule has 1 aromatic heterocycles. The summed E-state index contributed by atoms with van der Waals surface area (Å²) in [6, 6.07) is 3.73. The molecule has 0 amide bonds. The standard InChI is InChI=1S/C9H10O2/c1-8(4-5-10)7-9-3-2-6-11-9/h2-6H,7H2,1H3/b8-4+. The van der Waals surface area contributed by atoms with Crippen molar-refractivity contribution >= 4 is 6.29 Å². The Morgan fingerprint density at radius 3 is 3.09 bits per heavy atom. The molecule has 2 nitrogen and oxygen atoms in total. The van der Waals surface area contributed by atoms with Gasteiger partial charge in [-0.3, -0.25) is 4.79 Å². The van der Waals surface area contributed by atoms with E-state index in [1.165, 1.54) is 0 Å². The van der Waals surface area contributed by atoms with Crippen LogP contribution in [0, 0.1) is 0 Å². The van der Waals surface area contributed by atoms with Gasteiger partial charge >= 0.3 is 0 Å². The molecule has 2 heteroatoms. The Morgan fingerprint density at radius 2 is 2.55 bits per heavy atom. The zero-order valence-electron chi connectivity index (χ0n) is 6.41. The van der Waals surface area contributed by atoms with Gasteiger partial charge in [0.25, 0.3) is 0 Å². The fraction of sp³-hybridized carbons (Fsp3) is 0.222. The first-order valence-electron chi connectivity index (χ1n) is 3.46. The van der Waals surface area contributed by atoms with Crippen LogP contribution < -0.4 is 0 Å². The lowest BCUT2D eigenvalue weighted by molar-refractivity contribution is -0.104. The number of furan rings is 1. The summed E-state index contributed by atoms with van der Waals surface area (Å²) in [7, 11) is 0. The minimum Gasteiger partial charge on any atom is -0.469 e. The lowest BCUT2D eigenvalue weighted by Gasteiger charge is -1.93. The predicted octanol–water partition coefficient (Wildman–Crippen LogP) is 1.97. The van der Waals surface area contributed by atoms with Crippen molar-refractivity contribution < 1.29 is 9.21 Å².